The average molecular weight is 449 g/mol. The van der Waals surface area contributed by atoms with E-state index in [1.807, 2.05) is 6.07 Å². The highest BCUT2D eigenvalue weighted by Gasteiger charge is 2.36. The van der Waals surface area contributed by atoms with Gasteiger partial charge in [0.2, 0.25) is 0 Å². The Balaban J connectivity index is 1.54. The molecule has 176 valence electrons. The second kappa shape index (κ2) is 9.37. The van der Waals surface area contributed by atoms with Gasteiger partial charge in [0, 0.05) is 23.7 Å². The van der Waals surface area contributed by atoms with Crippen molar-refractivity contribution in [2.24, 2.45) is 5.92 Å². The third-order valence-electron chi connectivity index (χ3n) is 7.67. The van der Waals surface area contributed by atoms with Crippen molar-refractivity contribution in [3.8, 4) is 0 Å². The maximum absolute atomic E-state index is 13.1. The number of H-pyrrole nitrogens is 1. The third-order valence-corrected chi connectivity index (χ3v) is 7.67. The number of rotatable bonds is 7. The average Bonchev–Trinajstić information content (AvgIpc) is 3.55. The summed E-state index contributed by atoms with van der Waals surface area (Å²) in [6, 6.07) is 9.25. The number of benzene rings is 1. The van der Waals surface area contributed by atoms with Crippen LogP contribution in [0.25, 0.3) is 10.9 Å². The Morgan fingerprint density at radius 3 is 2.55 bits per heavy atom. The molecule has 2 saturated carbocycles. The quantitative estimate of drug-likeness (QED) is 0.545. The van der Waals surface area contributed by atoms with Crippen LogP contribution in [0.1, 0.15) is 94.2 Å². The Labute approximate surface area is 195 Å². The lowest BCUT2D eigenvalue weighted by Gasteiger charge is -2.38. The molecule has 1 aromatic carbocycles. The Kier molecular flexibility index (Phi) is 6.32. The minimum Gasteiger partial charge on any atom is -0.322 e. The molecule has 2 aliphatic rings. The van der Waals surface area contributed by atoms with Crippen LogP contribution in [0.2, 0.25) is 0 Å². The number of nitrogens with zero attached hydrogens (tertiary/aromatic N) is 5. The van der Waals surface area contributed by atoms with Gasteiger partial charge < -0.3 is 4.98 Å². The standard InChI is InChI=1S/C26H36N6O/c1-17(2)24(25-28-29-30-32(25)22-10-6-7-11-22)31(21-8-4-5-9-21)16-20-15-19-13-12-18(3)14-23(19)27-26(20)33/h12-15,17,21-22,24H,4-11,16H2,1-3H3,(H,27,33)/t24-/m0/s1. The van der Waals surface area contributed by atoms with E-state index in [2.05, 4.69) is 69.1 Å². The number of pyridine rings is 1. The van der Waals surface area contributed by atoms with E-state index in [4.69, 9.17) is 0 Å². The molecule has 0 aliphatic heterocycles. The van der Waals surface area contributed by atoms with Gasteiger partial charge in [-0.1, -0.05) is 51.7 Å². The number of aromatic amines is 1. The fourth-order valence-corrected chi connectivity index (χ4v) is 6.00. The summed E-state index contributed by atoms with van der Waals surface area (Å²) in [7, 11) is 0. The van der Waals surface area contributed by atoms with Crippen LogP contribution in [0.5, 0.6) is 0 Å². The number of aromatic nitrogens is 5. The van der Waals surface area contributed by atoms with Crippen molar-refractivity contribution in [3.05, 3.63) is 51.6 Å². The lowest BCUT2D eigenvalue weighted by Crippen LogP contribution is -2.41. The maximum atomic E-state index is 13.1. The Hall–Kier alpha value is -2.54. The first kappa shape index (κ1) is 22.3. The van der Waals surface area contributed by atoms with Crippen LogP contribution in [0, 0.1) is 12.8 Å². The summed E-state index contributed by atoms with van der Waals surface area (Å²) >= 11 is 0. The second-order valence-corrected chi connectivity index (χ2v) is 10.4. The summed E-state index contributed by atoms with van der Waals surface area (Å²) in [5.74, 6) is 1.30. The Morgan fingerprint density at radius 1 is 1.09 bits per heavy atom. The highest BCUT2D eigenvalue weighted by molar-refractivity contribution is 5.79. The van der Waals surface area contributed by atoms with Gasteiger partial charge in [-0.2, -0.15) is 0 Å². The molecule has 0 radical (unpaired) electrons. The Bertz CT molecular complexity index is 1150. The molecule has 5 rings (SSSR count). The van der Waals surface area contributed by atoms with E-state index in [-0.39, 0.29) is 11.6 Å². The smallest absolute Gasteiger partial charge is 0.252 e. The van der Waals surface area contributed by atoms with Gasteiger partial charge in [0.15, 0.2) is 5.82 Å². The zero-order chi connectivity index (χ0) is 22.9. The SMILES string of the molecule is Cc1ccc2cc(CN(C3CCCC3)[C@H](c3nnnn3C3CCCC3)C(C)C)c(=O)[nH]c2c1. The van der Waals surface area contributed by atoms with E-state index >= 15 is 0 Å². The van der Waals surface area contributed by atoms with Crippen LogP contribution in [-0.4, -0.2) is 36.1 Å². The van der Waals surface area contributed by atoms with E-state index < -0.39 is 0 Å². The van der Waals surface area contributed by atoms with E-state index in [1.54, 1.807) is 0 Å². The minimum absolute atomic E-state index is 0.00832. The molecule has 2 aliphatic carbocycles. The highest BCUT2D eigenvalue weighted by atomic mass is 16.1. The molecule has 0 unspecified atom stereocenters. The van der Waals surface area contributed by atoms with E-state index in [1.165, 1.54) is 38.5 Å². The topological polar surface area (TPSA) is 79.7 Å². The van der Waals surface area contributed by atoms with Crippen molar-refractivity contribution < 1.29 is 0 Å². The van der Waals surface area contributed by atoms with Crippen molar-refractivity contribution in [3.63, 3.8) is 0 Å². The normalized spacial score (nSPS) is 18.8. The molecule has 1 atom stereocenters. The fourth-order valence-electron chi connectivity index (χ4n) is 6.00. The van der Waals surface area contributed by atoms with Crippen LogP contribution in [0.3, 0.4) is 0 Å². The molecular weight excluding hydrogens is 412 g/mol. The van der Waals surface area contributed by atoms with Gasteiger partial charge >= 0.3 is 0 Å². The molecule has 0 amide bonds. The van der Waals surface area contributed by atoms with Crippen LogP contribution < -0.4 is 5.56 Å². The van der Waals surface area contributed by atoms with Gasteiger partial charge in [-0.25, -0.2) is 4.68 Å². The summed E-state index contributed by atoms with van der Waals surface area (Å²) in [4.78, 5) is 18.8. The fraction of sp³-hybridized carbons (Fsp3) is 0.615. The highest BCUT2D eigenvalue weighted by Crippen LogP contribution is 2.38. The first-order valence-electron chi connectivity index (χ1n) is 12.7. The van der Waals surface area contributed by atoms with E-state index in [0.29, 0.717) is 24.5 Å². The molecule has 7 nitrogen and oxygen atoms in total. The zero-order valence-electron chi connectivity index (χ0n) is 20.1. The Morgan fingerprint density at radius 2 is 1.82 bits per heavy atom. The van der Waals surface area contributed by atoms with Gasteiger partial charge in [-0.3, -0.25) is 9.69 Å². The van der Waals surface area contributed by atoms with Crippen molar-refractivity contribution in [2.75, 3.05) is 0 Å². The molecule has 0 spiro atoms. The maximum Gasteiger partial charge on any atom is 0.252 e. The lowest BCUT2D eigenvalue weighted by atomic mass is 9.97. The van der Waals surface area contributed by atoms with Crippen molar-refractivity contribution in [1.29, 1.82) is 0 Å². The van der Waals surface area contributed by atoms with Crippen LogP contribution in [0.15, 0.2) is 29.1 Å². The van der Waals surface area contributed by atoms with Gasteiger partial charge in [0.25, 0.3) is 5.56 Å². The van der Waals surface area contributed by atoms with Gasteiger partial charge in [-0.05, 0) is 72.0 Å². The summed E-state index contributed by atoms with van der Waals surface area (Å²) < 4.78 is 2.10. The predicted octanol–water partition coefficient (Wildman–Crippen LogP) is 5.08. The summed E-state index contributed by atoms with van der Waals surface area (Å²) in [5.41, 5.74) is 2.89. The van der Waals surface area contributed by atoms with Crippen molar-refractivity contribution >= 4 is 10.9 Å². The summed E-state index contributed by atoms with van der Waals surface area (Å²) in [6.07, 6.45) is 9.60. The number of fused-ring (bicyclic) bond motifs is 1. The van der Waals surface area contributed by atoms with E-state index in [9.17, 15) is 4.79 Å². The molecule has 0 saturated heterocycles. The van der Waals surface area contributed by atoms with Crippen molar-refractivity contribution in [1.82, 2.24) is 30.1 Å². The number of tetrazole rings is 1. The first-order valence-corrected chi connectivity index (χ1v) is 12.7. The molecular formula is C26H36N6O. The molecule has 2 aromatic heterocycles. The number of nitrogens with one attached hydrogen (secondary N) is 1. The largest absolute Gasteiger partial charge is 0.322 e. The summed E-state index contributed by atoms with van der Waals surface area (Å²) in [6.45, 7) is 7.18. The first-order chi connectivity index (χ1) is 16.0. The second-order valence-electron chi connectivity index (χ2n) is 10.4. The van der Waals surface area contributed by atoms with Gasteiger partial charge in [0.05, 0.1) is 12.1 Å². The lowest BCUT2D eigenvalue weighted by molar-refractivity contribution is 0.0826. The van der Waals surface area contributed by atoms with Crippen LogP contribution in [0.4, 0.5) is 0 Å². The number of hydrogen-bond acceptors (Lipinski definition) is 5. The molecule has 2 heterocycles. The monoisotopic (exact) mass is 448 g/mol. The number of hydrogen-bond donors (Lipinski definition) is 1. The molecule has 1 N–H and O–H groups in total. The minimum atomic E-state index is 0.00832. The van der Waals surface area contributed by atoms with Crippen LogP contribution >= 0.6 is 0 Å². The molecule has 0 bridgehead atoms. The van der Waals surface area contributed by atoms with E-state index in [0.717, 1.165) is 40.7 Å². The molecule has 7 heteroatoms. The van der Waals surface area contributed by atoms with Crippen LogP contribution in [-0.2, 0) is 6.54 Å². The van der Waals surface area contributed by atoms with Crippen molar-refractivity contribution in [2.45, 2.75) is 96.8 Å². The number of aryl methyl sites for hydroxylation is 1. The van der Waals surface area contributed by atoms with Gasteiger partial charge in [-0.15, -0.1) is 5.10 Å². The summed E-state index contributed by atoms with van der Waals surface area (Å²) in [5, 5.41) is 14.2. The molecule has 3 aromatic rings. The predicted molar refractivity (Wildman–Crippen MR) is 130 cm³/mol. The van der Waals surface area contributed by atoms with Gasteiger partial charge in [0.1, 0.15) is 0 Å². The molecule has 2 fully saturated rings. The zero-order valence-corrected chi connectivity index (χ0v) is 20.1. The third kappa shape index (κ3) is 4.47. The molecule has 33 heavy (non-hydrogen) atoms.